The maximum atomic E-state index is 7.56. The van der Waals surface area contributed by atoms with Gasteiger partial charge in [0.05, 0.1) is 5.97 Å². The van der Waals surface area contributed by atoms with E-state index in [1.165, 1.54) is 0 Å². The Labute approximate surface area is 89.1 Å². The molecule has 0 aromatic heterocycles. The number of rotatable bonds is 0. The van der Waals surface area contributed by atoms with E-state index in [-0.39, 0.29) is 61.4 Å². The van der Waals surface area contributed by atoms with Gasteiger partial charge in [0, 0.05) is 19.5 Å². The summed E-state index contributed by atoms with van der Waals surface area (Å²) in [6.07, 6.45) is 0. The summed E-state index contributed by atoms with van der Waals surface area (Å²) in [7, 11) is -1.81. The second-order valence-corrected chi connectivity index (χ2v) is 0.503. The zero-order valence-corrected chi connectivity index (χ0v) is 10.2. The van der Waals surface area contributed by atoms with Crippen molar-refractivity contribution in [3.63, 3.8) is 0 Å². The van der Waals surface area contributed by atoms with Crippen molar-refractivity contribution in [2.75, 3.05) is 0 Å². The third kappa shape index (κ3) is 26.3. The van der Waals surface area contributed by atoms with E-state index in [1.54, 1.807) is 0 Å². The fourth-order valence-corrected chi connectivity index (χ4v) is 0. The molecular formula is CH2BClNNaO2Zn. The first-order valence-corrected chi connectivity index (χ1v) is 1.03. The first-order valence-electron chi connectivity index (χ1n) is 1.03. The van der Waals surface area contributed by atoms with Crippen LogP contribution in [-0.4, -0.2) is 17.2 Å². The molecule has 0 amide bonds. The number of nitriles is 1. The first kappa shape index (κ1) is 22.8. The summed E-state index contributed by atoms with van der Waals surface area (Å²) in [5.74, 6) is 1.14. The summed E-state index contributed by atoms with van der Waals surface area (Å²) in [6.45, 7) is 0. The van der Waals surface area contributed by atoms with Crippen molar-refractivity contribution >= 4 is 7.12 Å². The molecule has 0 aliphatic rings. The molecule has 0 fully saturated rings. The van der Waals surface area contributed by atoms with Crippen molar-refractivity contribution in [3.05, 3.63) is 0 Å². The zero-order valence-electron chi connectivity index (χ0n) is 4.50. The van der Waals surface area contributed by atoms with Crippen LogP contribution in [-0.2, 0) is 19.5 Å². The van der Waals surface area contributed by atoms with Crippen LogP contribution < -0.4 is 42.0 Å². The van der Waals surface area contributed by atoms with Gasteiger partial charge in [-0.05, 0) is 0 Å². The fourth-order valence-electron chi connectivity index (χ4n) is 0. The Bertz CT molecular complexity index is 67.5. The molecule has 2 N–H and O–H groups in total. The van der Waals surface area contributed by atoms with Gasteiger partial charge in [-0.2, -0.15) is 0 Å². The monoisotopic (exact) mass is 193 g/mol. The average Bonchev–Trinajstić information content (AvgIpc) is 1.38. The Morgan fingerprint density at radius 1 is 1.38 bits per heavy atom. The van der Waals surface area contributed by atoms with Crippen LogP contribution in [0.4, 0.5) is 0 Å². The summed E-state index contributed by atoms with van der Waals surface area (Å²) < 4.78 is 0. The molecule has 0 heterocycles. The van der Waals surface area contributed by atoms with Gasteiger partial charge >= 0.3 is 36.7 Å². The van der Waals surface area contributed by atoms with Crippen LogP contribution in [0.25, 0.3) is 0 Å². The molecule has 0 atom stereocenters. The third-order valence-electron chi connectivity index (χ3n) is 0.115. The Hall–Kier alpha value is 1.39. The predicted octanol–water partition coefficient (Wildman–Crippen LogP) is -7.47. The van der Waals surface area contributed by atoms with Gasteiger partial charge < -0.3 is 22.5 Å². The van der Waals surface area contributed by atoms with E-state index in [9.17, 15) is 0 Å². The van der Waals surface area contributed by atoms with Crippen molar-refractivity contribution in [2.24, 2.45) is 0 Å². The van der Waals surface area contributed by atoms with E-state index >= 15 is 0 Å². The molecule has 0 spiro atoms. The summed E-state index contributed by atoms with van der Waals surface area (Å²) >= 11 is 0. The van der Waals surface area contributed by atoms with E-state index in [0.29, 0.717) is 0 Å². The summed E-state index contributed by atoms with van der Waals surface area (Å²) in [5, 5.41) is 22.5. The van der Waals surface area contributed by atoms with E-state index in [2.05, 4.69) is 0 Å². The molecule has 0 radical (unpaired) electrons. The second kappa shape index (κ2) is 15.8. The van der Waals surface area contributed by atoms with Crippen molar-refractivity contribution in [2.45, 2.75) is 0 Å². The first-order chi connectivity index (χ1) is 2.27. The van der Waals surface area contributed by atoms with Crippen molar-refractivity contribution in [1.82, 2.24) is 0 Å². The van der Waals surface area contributed by atoms with Crippen LogP contribution in [0.15, 0.2) is 0 Å². The standard InChI is InChI=1S/CH2BNO2.ClH.Na.Zn/c3-1-2(4)5;;;/h4-5H;1H;;/q;;+1;/p-1. The van der Waals surface area contributed by atoms with Crippen LogP contribution in [0.5, 0.6) is 0 Å². The van der Waals surface area contributed by atoms with Crippen LogP contribution >= 0.6 is 0 Å². The molecule has 0 aromatic rings. The molecule has 7 heteroatoms. The van der Waals surface area contributed by atoms with Crippen LogP contribution in [0.1, 0.15) is 0 Å². The largest absolute Gasteiger partial charge is 1.00 e. The maximum Gasteiger partial charge on any atom is 1.00 e. The van der Waals surface area contributed by atoms with Crippen LogP contribution in [0, 0.1) is 11.2 Å². The van der Waals surface area contributed by atoms with E-state index < -0.39 is 7.12 Å². The third-order valence-corrected chi connectivity index (χ3v) is 0.115. The fraction of sp³-hybridized carbons (Fsp3) is 0. The van der Waals surface area contributed by atoms with Crippen molar-refractivity contribution in [3.8, 4) is 5.97 Å². The van der Waals surface area contributed by atoms with Gasteiger partial charge in [0.25, 0.3) is 0 Å². The van der Waals surface area contributed by atoms with E-state index in [1.807, 2.05) is 0 Å². The summed E-state index contributed by atoms with van der Waals surface area (Å²) in [4.78, 5) is 0. The molecule has 0 rings (SSSR count). The van der Waals surface area contributed by atoms with Gasteiger partial charge in [0.2, 0.25) is 0 Å². The molecule has 0 aromatic carbocycles. The predicted molar refractivity (Wildman–Crippen MR) is 15.8 cm³/mol. The molecule has 0 saturated carbocycles. The van der Waals surface area contributed by atoms with Gasteiger partial charge in [-0.1, -0.05) is 0 Å². The molecule has 0 saturated heterocycles. The summed E-state index contributed by atoms with van der Waals surface area (Å²) in [6, 6.07) is 0. The molecular weight excluding hydrogens is 193 g/mol. The molecule has 0 unspecified atom stereocenters. The molecule has 3 nitrogen and oxygen atoms in total. The smallest absolute Gasteiger partial charge is 1.00 e. The maximum absolute atomic E-state index is 7.56. The molecule has 0 aliphatic heterocycles. The quantitative estimate of drug-likeness (QED) is 0.377. The van der Waals surface area contributed by atoms with Crippen molar-refractivity contribution < 1.29 is 71.5 Å². The minimum Gasteiger partial charge on any atom is -1.00 e. The topological polar surface area (TPSA) is 64.2 Å². The molecule has 0 bridgehead atoms. The van der Waals surface area contributed by atoms with Crippen LogP contribution in [0.2, 0.25) is 0 Å². The minimum absolute atomic E-state index is 0. The number of halogens is 1. The summed E-state index contributed by atoms with van der Waals surface area (Å²) in [5.41, 5.74) is 0. The second-order valence-electron chi connectivity index (χ2n) is 0.503. The SMILES string of the molecule is N#CB(O)O.[Cl-].[Na+].[Zn]. The Morgan fingerprint density at radius 3 is 1.50 bits per heavy atom. The van der Waals surface area contributed by atoms with Crippen LogP contribution in [0.3, 0.4) is 0 Å². The van der Waals surface area contributed by atoms with E-state index in [0.717, 1.165) is 5.97 Å². The van der Waals surface area contributed by atoms with Gasteiger partial charge in [-0.15, -0.1) is 0 Å². The van der Waals surface area contributed by atoms with Gasteiger partial charge in [0.15, 0.2) is 0 Å². The number of nitrogens with zero attached hydrogens (tertiary/aromatic N) is 1. The Morgan fingerprint density at radius 2 is 1.50 bits per heavy atom. The van der Waals surface area contributed by atoms with Gasteiger partial charge in [-0.25, -0.2) is 5.26 Å². The average molecular weight is 195 g/mol. The van der Waals surface area contributed by atoms with E-state index in [4.69, 9.17) is 15.3 Å². The number of hydrogen-bond donors (Lipinski definition) is 2. The Balaban J connectivity index is -0.0000000267. The molecule has 36 valence electrons. The zero-order chi connectivity index (χ0) is 4.28. The minimum atomic E-state index is -1.81. The number of hydrogen-bond acceptors (Lipinski definition) is 3. The van der Waals surface area contributed by atoms with Crippen molar-refractivity contribution in [1.29, 1.82) is 5.26 Å². The van der Waals surface area contributed by atoms with Gasteiger partial charge in [-0.3, -0.25) is 0 Å². The normalized spacial score (nSPS) is 3.62. The Kier molecular flexibility index (Phi) is 44.9. The molecule has 0 aliphatic carbocycles. The van der Waals surface area contributed by atoms with Gasteiger partial charge in [0.1, 0.15) is 0 Å². The molecule has 8 heavy (non-hydrogen) atoms.